The molecule has 0 aromatic heterocycles. The second kappa shape index (κ2) is 15.8. The number of nitrogens with one attached hydrogen (secondary N) is 1. The zero-order chi connectivity index (χ0) is 30.5. The summed E-state index contributed by atoms with van der Waals surface area (Å²) in [6.45, 7) is 4.38. The van der Waals surface area contributed by atoms with Gasteiger partial charge in [-0.1, -0.05) is 62.7 Å². The zero-order valence-corrected chi connectivity index (χ0v) is 25.6. The molecule has 3 aromatic rings. The zero-order valence-electron chi connectivity index (χ0n) is 24.8. The van der Waals surface area contributed by atoms with Crippen molar-refractivity contribution in [1.29, 1.82) is 0 Å². The molecule has 42 heavy (non-hydrogen) atoms. The molecule has 3 rings (SSSR count). The van der Waals surface area contributed by atoms with Gasteiger partial charge in [0.1, 0.15) is 30.7 Å². The van der Waals surface area contributed by atoms with Gasteiger partial charge in [0, 0.05) is 13.1 Å². The number of hydrogen-bond donors (Lipinski definition) is 1. The molecule has 0 saturated carbocycles. The molecule has 0 aliphatic carbocycles. The molecule has 2 amide bonds. The van der Waals surface area contributed by atoms with E-state index in [0.29, 0.717) is 36.8 Å². The third-order valence-electron chi connectivity index (χ3n) is 6.75. The monoisotopic (exact) mass is 595 g/mol. The molecule has 0 fully saturated rings. The van der Waals surface area contributed by atoms with E-state index < -0.39 is 28.5 Å². The summed E-state index contributed by atoms with van der Waals surface area (Å²) in [6, 6.07) is 22.7. The second-order valence-electron chi connectivity index (χ2n) is 9.98. The number of carbonyl (C=O) groups is 2. The SMILES string of the molecule is CCCCNC(=O)[C@H](CC)N(Cc1cccc(OC)c1)C(=O)CN(c1ccc(OCc2ccccc2)cc1)S(C)(=O)=O. The van der Waals surface area contributed by atoms with Gasteiger partial charge in [-0.3, -0.25) is 13.9 Å². The summed E-state index contributed by atoms with van der Waals surface area (Å²) < 4.78 is 38.0. The van der Waals surface area contributed by atoms with Crippen molar-refractivity contribution in [1.82, 2.24) is 10.2 Å². The molecule has 0 spiro atoms. The molecule has 0 heterocycles. The molecule has 9 nitrogen and oxygen atoms in total. The Labute approximate surface area is 249 Å². The first-order chi connectivity index (χ1) is 20.2. The Morgan fingerprint density at radius 2 is 1.60 bits per heavy atom. The Morgan fingerprint density at radius 1 is 0.905 bits per heavy atom. The minimum Gasteiger partial charge on any atom is -0.497 e. The Morgan fingerprint density at radius 3 is 2.21 bits per heavy atom. The van der Waals surface area contributed by atoms with E-state index in [9.17, 15) is 18.0 Å². The van der Waals surface area contributed by atoms with Gasteiger partial charge in [0.05, 0.1) is 19.1 Å². The van der Waals surface area contributed by atoms with Crippen LogP contribution < -0.4 is 19.1 Å². The summed E-state index contributed by atoms with van der Waals surface area (Å²) >= 11 is 0. The number of benzene rings is 3. The van der Waals surface area contributed by atoms with E-state index in [1.807, 2.05) is 56.3 Å². The minimum absolute atomic E-state index is 0.111. The Balaban J connectivity index is 1.85. The van der Waals surface area contributed by atoms with Gasteiger partial charge < -0.3 is 19.7 Å². The van der Waals surface area contributed by atoms with Crippen molar-refractivity contribution in [2.45, 2.75) is 52.3 Å². The summed E-state index contributed by atoms with van der Waals surface area (Å²) in [4.78, 5) is 28.5. The van der Waals surface area contributed by atoms with E-state index in [1.54, 1.807) is 43.5 Å². The molecule has 226 valence electrons. The lowest BCUT2D eigenvalue weighted by atomic mass is 10.1. The van der Waals surface area contributed by atoms with Crippen LogP contribution >= 0.6 is 0 Å². The molecule has 0 bridgehead atoms. The van der Waals surface area contributed by atoms with Crippen LogP contribution in [0.25, 0.3) is 0 Å². The summed E-state index contributed by atoms with van der Waals surface area (Å²) in [5.41, 5.74) is 2.08. The lowest BCUT2D eigenvalue weighted by molar-refractivity contribution is -0.140. The number of anilines is 1. The van der Waals surface area contributed by atoms with Crippen LogP contribution in [0.4, 0.5) is 5.69 Å². The lowest BCUT2D eigenvalue weighted by Crippen LogP contribution is -2.52. The lowest BCUT2D eigenvalue weighted by Gasteiger charge is -2.33. The van der Waals surface area contributed by atoms with Gasteiger partial charge in [-0.15, -0.1) is 0 Å². The van der Waals surface area contributed by atoms with Crippen LogP contribution in [0.3, 0.4) is 0 Å². The number of sulfonamides is 1. The van der Waals surface area contributed by atoms with Crippen molar-refractivity contribution in [3.63, 3.8) is 0 Å². The van der Waals surface area contributed by atoms with Gasteiger partial charge >= 0.3 is 0 Å². The maximum Gasteiger partial charge on any atom is 0.244 e. The molecule has 0 saturated heterocycles. The number of hydrogen-bond acceptors (Lipinski definition) is 6. The van der Waals surface area contributed by atoms with Gasteiger partial charge in [0.15, 0.2) is 0 Å². The van der Waals surface area contributed by atoms with Crippen LogP contribution in [0.15, 0.2) is 78.9 Å². The van der Waals surface area contributed by atoms with Crippen LogP contribution in [0.5, 0.6) is 11.5 Å². The fourth-order valence-corrected chi connectivity index (χ4v) is 5.31. The summed E-state index contributed by atoms with van der Waals surface area (Å²) in [5, 5.41) is 2.92. The Bertz CT molecular complexity index is 1400. The molecule has 0 unspecified atom stereocenters. The predicted molar refractivity (Wildman–Crippen MR) is 165 cm³/mol. The number of ether oxygens (including phenoxy) is 2. The number of methoxy groups -OCH3 is 1. The largest absolute Gasteiger partial charge is 0.497 e. The highest BCUT2D eigenvalue weighted by Crippen LogP contribution is 2.24. The summed E-state index contributed by atoms with van der Waals surface area (Å²) in [6.07, 6.45) is 3.16. The van der Waals surface area contributed by atoms with Crippen molar-refractivity contribution < 1.29 is 27.5 Å². The number of unbranched alkanes of at least 4 members (excludes halogenated alkanes) is 1. The number of carbonyl (C=O) groups excluding carboxylic acids is 2. The Hall–Kier alpha value is -4.05. The maximum atomic E-state index is 13.9. The van der Waals surface area contributed by atoms with Gasteiger partial charge in [-0.2, -0.15) is 0 Å². The number of nitrogens with zero attached hydrogens (tertiary/aromatic N) is 2. The van der Waals surface area contributed by atoms with Gasteiger partial charge in [0.25, 0.3) is 0 Å². The van der Waals surface area contributed by atoms with Crippen LogP contribution in [0.2, 0.25) is 0 Å². The summed E-state index contributed by atoms with van der Waals surface area (Å²) in [7, 11) is -2.29. The fraction of sp³-hybridized carbons (Fsp3) is 0.375. The smallest absolute Gasteiger partial charge is 0.244 e. The molecule has 1 atom stereocenters. The standard InChI is InChI=1S/C32H41N3O6S/c1-5-7-20-33-32(37)30(6-2)34(22-26-14-11-15-29(21-26)40-3)31(36)23-35(42(4,38)39)27-16-18-28(19-17-27)41-24-25-12-9-8-10-13-25/h8-19,21,30H,5-7,20,22-24H2,1-4H3,(H,33,37)/t30-/m0/s1. The van der Waals surface area contributed by atoms with E-state index in [0.717, 1.165) is 34.5 Å². The van der Waals surface area contributed by atoms with E-state index in [2.05, 4.69) is 5.32 Å². The quantitative estimate of drug-likeness (QED) is 0.239. The van der Waals surface area contributed by atoms with Crippen molar-refractivity contribution >= 4 is 27.5 Å². The van der Waals surface area contributed by atoms with Crippen molar-refractivity contribution in [2.24, 2.45) is 0 Å². The Kier molecular flexibility index (Phi) is 12.2. The number of rotatable bonds is 16. The summed E-state index contributed by atoms with van der Waals surface area (Å²) in [5.74, 6) is 0.419. The molecular weight excluding hydrogens is 554 g/mol. The highest BCUT2D eigenvalue weighted by Gasteiger charge is 2.31. The normalized spacial score (nSPS) is 11.8. The molecule has 0 radical (unpaired) electrons. The maximum absolute atomic E-state index is 13.9. The van der Waals surface area contributed by atoms with E-state index in [-0.39, 0.29) is 12.5 Å². The predicted octanol–water partition coefficient (Wildman–Crippen LogP) is 4.76. The van der Waals surface area contributed by atoms with Gasteiger partial charge in [-0.25, -0.2) is 8.42 Å². The third-order valence-corrected chi connectivity index (χ3v) is 7.90. The van der Waals surface area contributed by atoms with Gasteiger partial charge in [0.2, 0.25) is 21.8 Å². The molecular formula is C32H41N3O6S. The molecule has 3 aromatic carbocycles. The molecule has 1 N–H and O–H groups in total. The molecule has 0 aliphatic heterocycles. The first kappa shape index (κ1) is 32.5. The van der Waals surface area contributed by atoms with Crippen LogP contribution in [-0.2, 0) is 32.8 Å². The fourth-order valence-electron chi connectivity index (χ4n) is 4.46. The van der Waals surface area contributed by atoms with E-state index >= 15 is 0 Å². The number of amides is 2. The average molecular weight is 596 g/mol. The average Bonchev–Trinajstić information content (AvgIpc) is 2.99. The highest BCUT2D eigenvalue weighted by atomic mass is 32.2. The van der Waals surface area contributed by atoms with E-state index in [4.69, 9.17) is 9.47 Å². The van der Waals surface area contributed by atoms with Crippen LogP contribution in [0, 0.1) is 0 Å². The highest BCUT2D eigenvalue weighted by molar-refractivity contribution is 7.92. The van der Waals surface area contributed by atoms with Crippen molar-refractivity contribution in [3.05, 3.63) is 90.0 Å². The first-order valence-corrected chi connectivity index (χ1v) is 16.0. The third kappa shape index (κ3) is 9.51. The van der Waals surface area contributed by atoms with Crippen LogP contribution in [-0.4, -0.2) is 57.6 Å². The van der Waals surface area contributed by atoms with Gasteiger partial charge in [-0.05, 0) is 60.4 Å². The van der Waals surface area contributed by atoms with E-state index in [1.165, 1.54) is 4.90 Å². The minimum atomic E-state index is -3.84. The molecule has 0 aliphatic rings. The second-order valence-corrected chi connectivity index (χ2v) is 11.9. The van der Waals surface area contributed by atoms with Crippen molar-refractivity contribution in [2.75, 3.05) is 30.8 Å². The molecule has 10 heteroatoms. The van der Waals surface area contributed by atoms with Crippen LogP contribution in [0.1, 0.15) is 44.2 Å². The first-order valence-electron chi connectivity index (χ1n) is 14.1. The van der Waals surface area contributed by atoms with Crippen molar-refractivity contribution in [3.8, 4) is 11.5 Å². The topological polar surface area (TPSA) is 105 Å².